The number of carboxylic acids is 1. The predicted molar refractivity (Wildman–Crippen MR) is 103 cm³/mol. The zero-order valence-corrected chi connectivity index (χ0v) is 17.0. The van der Waals surface area contributed by atoms with Crippen LogP contribution in [0.5, 0.6) is 0 Å². The van der Waals surface area contributed by atoms with Crippen molar-refractivity contribution in [3.63, 3.8) is 0 Å². The fraction of sp³-hybridized carbons (Fsp3) is 0.850. The van der Waals surface area contributed by atoms with Gasteiger partial charge in [-0.3, -0.25) is 0 Å². The fourth-order valence-electron chi connectivity index (χ4n) is 2.99. The third kappa shape index (κ3) is 20.8. The van der Waals surface area contributed by atoms with Crippen LogP contribution in [0, 0.1) is 17.8 Å². The van der Waals surface area contributed by atoms with E-state index in [2.05, 4.69) is 27.7 Å². The van der Waals surface area contributed by atoms with Crippen LogP contribution in [0.15, 0.2) is 11.6 Å². The van der Waals surface area contributed by atoms with E-state index in [1.807, 2.05) is 6.92 Å². The van der Waals surface area contributed by atoms with Crippen molar-refractivity contribution in [2.75, 3.05) is 0 Å². The molecule has 24 heavy (non-hydrogen) atoms. The molecule has 0 aromatic rings. The Kier molecular flexibility index (Phi) is 22.8. The molecule has 0 heterocycles. The molecule has 0 amide bonds. The maximum atomic E-state index is 10.5. The number of allylic oxidation sites excluding steroid dienone is 1. The zero-order chi connectivity index (χ0) is 17.0. The summed E-state index contributed by atoms with van der Waals surface area (Å²) in [5.41, 5.74) is 0.985. The molecule has 0 saturated carbocycles. The molecule has 0 radical (unpaired) electrons. The molecule has 0 aliphatic rings. The summed E-state index contributed by atoms with van der Waals surface area (Å²) >= 11 is 0. The van der Waals surface area contributed by atoms with Gasteiger partial charge >= 0.3 is 35.5 Å². The van der Waals surface area contributed by atoms with Gasteiger partial charge in [-0.15, -0.1) is 0 Å². The summed E-state index contributed by atoms with van der Waals surface area (Å²) in [7, 11) is 0. The van der Waals surface area contributed by atoms with Crippen LogP contribution in [0.4, 0.5) is 0 Å². The summed E-state index contributed by atoms with van der Waals surface area (Å²) in [4.78, 5) is 10.5. The summed E-state index contributed by atoms with van der Waals surface area (Å²) in [5.74, 6) is 1.65. The topological polar surface area (TPSA) is 37.3 Å². The van der Waals surface area contributed by atoms with Crippen LogP contribution >= 0.6 is 0 Å². The number of hydrogen-bond acceptors (Lipinski definition) is 1. The van der Waals surface area contributed by atoms with E-state index in [1.165, 1.54) is 51.0 Å². The molecule has 0 aliphatic heterocycles. The minimum absolute atomic E-state index is 0. The minimum atomic E-state index is -0.822. The van der Waals surface area contributed by atoms with Gasteiger partial charge in [-0.2, -0.15) is 0 Å². The average Bonchev–Trinajstić information content (AvgIpc) is 2.37. The molecule has 0 fully saturated rings. The molecule has 2 nitrogen and oxygen atoms in total. The van der Waals surface area contributed by atoms with Crippen LogP contribution in [-0.2, 0) is 21.9 Å². The molecule has 1 N–H and O–H groups in total. The Morgan fingerprint density at radius 2 is 1.29 bits per heavy atom. The van der Waals surface area contributed by atoms with E-state index in [1.54, 1.807) is 0 Å². The third-order valence-electron chi connectivity index (χ3n) is 4.51. The summed E-state index contributed by atoms with van der Waals surface area (Å²) in [6.45, 7) is 11.3. The van der Waals surface area contributed by atoms with E-state index in [4.69, 9.17) is 5.11 Å². The SMILES string of the molecule is C/C(=C\C(=O)O)CCC[C@H](C)CCC[C@H](C)CCCC(C)C.[Fe].[NaH]. The van der Waals surface area contributed by atoms with Gasteiger partial charge in [0.25, 0.3) is 0 Å². The number of aliphatic carboxylic acids is 1. The first kappa shape index (κ1) is 29.5. The molecule has 0 saturated heterocycles. The van der Waals surface area contributed by atoms with Crippen molar-refractivity contribution in [1.29, 1.82) is 0 Å². The summed E-state index contributed by atoms with van der Waals surface area (Å²) in [6.07, 6.45) is 12.7. The van der Waals surface area contributed by atoms with E-state index in [0.717, 1.165) is 36.2 Å². The normalized spacial score (nSPS) is 13.8. The molecule has 4 heteroatoms. The van der Waals surface area contributed by atoms with E-state index in [0.29, 0.717) is 0 Å². The van der Waals surface area contributed by atoms with Crippen LogP contribution in [0.25, 0.3) is 0 Å². The van der Waals surface area contributed by atoms with Crippen LogP contribution in [0.3, 0.4) is 0 Å². The Labute approximate surface area is 183 Å². The molecule has 0 unspecified atom stereocenters. The van der Waals surface area contributed by atoms with Gasteiger partial charge in [0.15, 0.2) is 0 Å². The van der Waals surface area contributed by atoms with Gasteiger partial charge in [-0.25, -0.2) is 4.79 Å². The van der Waals surface area contributed by atoms with Crippen LogP contribution in [-0.4, -0.2) is 40.6 Å². The molecule has 140 valence electrons. The van der Waals surface area contributed by atoms with E-state index >= 15 is 0 Å². The summed E-state index contributed by atoms with van der Waals surface area (Å²) in [6, 6.07) is 0. The number of carboxylic acid groups (broad SMARTS) is 1. The van der Waals surface area contributed by atoms with Gasteiger partial charge < -0.3 is 5.11 Å². The fourth-order valence-corrected chi connectivity index (χ4v) is 2.99. The van der Waals surface area contributed by atoms with Crippen molar-refractivity contribution in [2.45, 2.75) is 92.4 Å². The van der Waals surface area contributed by atoms with E-state index in [9.17, 15) is 4.79 Å². The van der Waals surface area contributed by atoms with Crippen molar-refractivity contribution in [3.8, 4) is 0 Å². The first-order valence-electron chi connectivity index (χ1n) is 9.21. The Hall–Kier alpha value is 0.729. The molecule has 0 aromatic heterocycles. The quantitative estimate of drug-likeness (QED) is 0.319. The Morgan fingerprint density at radius 1 is 0.875 bits per heavy atom. The van der Waals surface area contributed by atoms with Crippen molar-refractivity contribution in [1.82, 2.24) is 0 Å². The first-order chi connectivity index (χ1) is 10.3. The van der Waals surface area contributed by atoms with Gasteiger partial charge in [0.2, 0.25) is 0 Å². The standard InChI is InChI=1S/C20H38O2.Fe.Na.H/c1-16(2)9-6-10-17(3)11-7-12-18(4)13-8-14-19(5)15-20(21)22;;;/h15-18H,6-14H2,1-5H3,(H,21,22);;;/b19-15+;;;/t17-,18-;;;/m1.../s1. The monoisotopic (exact) mass is 390 g/mol. The van der Waals surface area contributed by atoms with E-state index < -0.39 is 5.97 Å². The molecule has 0 aliphatic carbocycles. The Morgan fingerprint density at radius 3 is 1.71 bits per heavy atom. The second kappa shape index (κ2) is 18.5. The second-order valence-electron chi connectivity index (χ2n) is 7.69. The summed E-state index contributed by atoms with van der Waals surface area (Å²) in [5, 5.41) is 8.68. The second-order valence-corrected chi connectivity index (χ2v) is 7.69. The predicted octanol–water partition coefficient (Wildman–Crippen LogP) is 5.81. The number of rotatable bonds is 13. The van der Waals surface area contributed by atoms with E-state index in [-0.39, 0.29) is 46.6 Å². The Bertz CT molecular complexity index is 330. The maximum absolute atomic E-state index is 10.5. The first-order valence-corrected chi connectivity index (χ1v) is 9.21. The van der Waals surface area contributed by atoms with Crippen molar-refractivity contribution < 1.29 is 27.0 Å². The number of carbonyl (C=O) groups is 1. The van der Waals surface area contributed by atoms with Crippen molar-refractivity contribution >= 4 is 35.5 Å². The van der Waals surface area contributed by atoms with Gasteiger partial charge in [0, 0.05) is 23.1 Å². The summed E-state index contributed by atoms with van der Waals surface area (Å²) < 4.78 is 0. The molecule has 0 spiro atoms. The molecule has 2 atom stereocenters. The van der Waals surface area contributed by atoms with Crippen molar-refractivity contribution in [2.24, 2.45) is 17.8 Å². The molecule has 0 rings (SSSR count). The van der Waals surface area contributed by atoms with Gasteiger partial charge in [-0.1, -0.05) is 78.2 Å². The molecular weight excluding hydrogens is 351 g/mol. The van der Waals surface area contributed by atoms with Crippen LogP contribution in [0.2, 0.25) is 0 Å². The van der Waals surface area contributed by atoms with Gasteiger partial charge in [-0.05, 0) is 37.5 Å². The molecular formula is C20H39FeNaO2. The van der Waals surface area contributed by atoms with Crippen LogP contribution in [0.1, 0.15) is 92.4 Å². The van der Waals surface area contributed by atoms with Gasteiger partial charge in [0.1, 0.15) is 0 Å². The third-order valence-corrected chi connectivity index (χ3v) is 4.51. The zero-order valence-electron chi connectivity index (χ0n) is 15.9. The Balaban J connectivity index is -0.00000220. The van der Waals surface area contributed by atoms with Crippen LogP contribution < -0.4 is 0 Å². The molecule has 0 bridgehead atoms. The number of hydrogen-bond donors (Lipinski definition) is 1. The molecule has 0 aromatic carbocycles. The van der Waals surface area contributed by atoms with Gasteiger partial charge in [0.05, 0.1) is 0 Å². The van der Waals surface area contributed by atoms with Crippen molar-refractivity contribution in [3.05, 3.63) is 11.6 Å². The average molecular weight is 390 g/mol.